The van der Waals surface area contributed by atoms with Crippen molar-refractivity contribution in [1.29, 1.82) is 0 Å². The predicted molar refractivity (Wildman–Crippen MR) is 136 cm³/mol. The maximum Gasteiger partial charge on any atom is 0.261 e. The van der Waals surface area contributed by atoms with Gasteiger partial charge >= 0.3 is 0 Å². The number of ether oxygens (including phenoxy) is 1. The van der Waals surface area contributed by atoms with Crippen LogP contribution in [0, 0.1) is 12.3 Å². The van der Waals surface area contributed by atoms with E-state index in [-0.39, 0.29) is 23.1 Å². The summed E-state index contributed by atoms with van der Waals surface area (Å²) in [5, 5.41) is 11.0. The Kier molecular flexibility index (Phi) is 5.71. The zero-order chi connectivity index (χ0) is 24.7. The first-order valence-electron chi connectivity index (χ1n) is 12.0. The summed E-state index contributed by atoms with van der Waals surface area (Å²) >= 11 is 0. The quantitative estimate of drug-likeness (QED) is 0.514. The Bertz CT molecular complexity index is 1330. The van der Waals surface area contributed by atoms with Gasteiger partial charge in [0.05, 0.1) is 12.8 Å². The van der Waals surface area contributed by atoms with Gasteiger partial charge in [0.1, 0.15) is 23.2 Å². The standard InChI is InChI=1S/C28H30N4O3/c1-5-35-19-12-10-18(11-13-19)30-27(34)21-16-29-32-25(20-9-7-6-8-17(20)2)24-22(31-26(21)32)14-28(3,4)15-23(24)33/h6-13,16,25,31H,5,14-15H2,1-4H3,(H,30,34)/t25-/m1/s1. The molecule has 0 fully saturated rings. The van der Waals surface area contributed by atoms with E-state index in [1.54, 1.807) is 10.9 Å². The molecule has 0 saturated carbocycles. The van der Waals surface area contributed by atoms with Crippen LogP contribution in [0.1, 0.15) is 61.1 Å². The number of nitrogens with zero attached hydrogens (tertiary/aromatic N) is 2. The number of carbonyl (C=O) groups is 2. The SMILES string of the molecule is CCOc1ccc(NC(=O)c2cnn3c2NC2=C(C(=O)CC(C)(C)C2)[C@H]3c2ccccc2C)cc1. The summed E-state index contributed by atoms with van der Waals surface area (Å²) in [5.41, 5.74) is 4.64. The summed E-state index contributed by atoms with van der Waals surface area (Å²) < 4.78 is 7.27. The molecule has 1 aromatic heterocycles. The van der Waals surface area contributed by atoms with Gasteiger partial charge in [-0.05, 0) is 61.1 Å². The van der Waals surface area contributed by atoms with Crippen molar-refractivity contribution < 1.29 is 14.3 Å². The lowest BCUT2D eigenvalue weighted by Gasteiger charge is -2.39. The van der Waals surface area contributed by atoms with E-state index >= 15 is 0 Å². The van der Waals surface area contributed by atoms with E-state index in [0.717, 1.165) is 34.6 Å². The first kappa shape index (κ1) is 22.9. The monoisotopic (exact) mass is 470 g/mol. The number of allylic oxidation sites excluding steroid dienone is 2. The van der Waals surface area contributed by atoms with Crippen LogP contribution in [-0.2, 0) is 4.79 Å². The van der Waals surface area contributed by atoms with Crippen LogP contribution in [0.3, 0.4) is 0 Å². The van der Waals surface area contributed by atoms with Crippen molar-refractivity contribution in [3.05, 3.63) is 82.7 Å². The molecule has 5 rings (SSSR count). The Morgan fingerprint density at radius 1 is 1.17 bits per heavy atom. The first-order valence-corrected chi connectivity index (χ1v) is 12.0. The minimum Gasteiger partial charge on any atom is -0.494 e. The van der Waals surface area contributed by atoms with Gasteiger partial charge < -0.3 is 15.4 Å². The molecule has 7 nitrogen and oxygen atoms in total. The van der Waals surface area contributed by atoms with Crippen molar-refractivity contribution in [3.8, 4) is 5.75 Å². The molecule has 2 N–H and O–H groups in total. The van der Waals surface area contributed by atoms with Crippen LogP contribution in [0.5, 0.6) is 5.75 Å². The van der Waals surface area contributed by atoms with Crippen LogP contribution in [-0.4, -0.2) is 28.1 Å². The normalized spacial score (nSPS) is 18.4. The van der Waals surface area contributed by atoms with Gasteiger partial charge in [0.25, 0.3) is 5.91 Å². The maximum absolute atomic E-state index is 13.4. The van der Waals surface area contributed by atoms with Crippen molar-refractivity contribution in [1.82, 2.24) is 9.78 Å². The number of amides is 1. The Balaban J connectivity index is 1.54. The smallest absolute Gasteiger partial charge is 0.261 e. The van der Waals surface area contributed by atoms with Crippen LogP contribution in [0.2, 0.25) is 0 Å². The van der Waals surface area contributed by atoms with Gasteiger partial charge in [0.2, 0.25) is 0 Å². The molecule has 1 amide bonds. The second-order valence-corrected chi connectivity index (χ2v) is 9.98. The van der Waals surface area contributed by atoms with E-state index < -0.39 is 0 Å². The Labute approximate surface area is 205 Å². The third-order valence-electron chi connectivity index (χ3n) is 6.65. The highest BCUT2D eigenvalue weighted by molar-refractivity contribution is 6.08. The van der Waals surface area contributed by atoms with Gasteiger partial charge in [-0.15, -0.1) is 0 Å². The zero-order valence-corrected chi connectivity index (χ0v) is 20.5. The zero-order valence-electron chi connectivity index (χ0n) is 20.5. The van der Waals surface area contributed by atoms with E-state index in [0.29, 0.717) is 30.1 Å². The van der Waals surface area contributed by atoms with E-state index in [1.165, 1.54) is 0 Å². The molecule has 1 atom stereocenters. The van der Waals surface area contributed by atoms with Crippen LogP contribution >= 0.6 is 0 Å². The van der Waals surface area contributed by atoms with Crippen LogP contribution in [0.4, 0.5) is 11.5 Å². The molecule has 0 unspecified atom stereocenters. The average Bonchev–Trinajstić information content (AvgIpc) is 3.22. The van der Waals surface area contributed by atoms with Crippen molar-refractivity contribution in [2.24, 2.45) is 5.41 Å². The van der Waals surface area contributed by atoms with Crippen molar-refractivity contribution in [2.75, 3.05) is 17.2 Å². The number of fused-ring (bicyclic) bond motifs is 1. The van der Waals surface area contributed by atoms with Crippen LogP contribution in [0.25, 0.3) is 0 Å². The van der Waals surface area contributed by atoms with Gasteiger partial charge in [0.15, 0.2) is 5.78 Å². The number of carbonyl (C=O) groups excluding carboxylic acids is 2. The summed E-state index contributed by atoms with van der Waals surface area (Å²) in [4.78, 5) is 26.7. The number of aryl methyl sites for hydroxylation is 1. The van der Waals surface area contributed by atoms with Gasteiger partial charge in [-0.25, -0.2) is 4.68 Å². The maximum atomic E-state index is 13.4. The number of aromatic nitrogens is 2. The summed E-state index contributed by atoms with van der Waals surface area (Å²) in [6, 6.07) is 14.9. The molecule has 35 heavy (non-hydrogen) atoms. The molecule has 1 aliphatic carbocycles. The molecule has 1 aliphatic heterocycles. The Morgan fingerprint density at radius 3 is 2.63 bits per heavy atom. The second-order valence-electron chi connectivity index (χ2n) is 9.98. The number of nitrogens with one attached hydrogen (secondary N) is 2. The predicted octanol–water partition coefficient (Wildman–Crippen LogP) is 5.50. The van der Waals surface area contributed by atoms with E-state index in [1.807, 2.05) is 62.4 Å². The highest BCUT2D eigenvalue weighted by atomic mass is 16.5. The molecule has 0 spiro atoms. The van der Waals surface area contributed by atoms with Gasteiger partial charge in [-0.3, -0.25) is 9.59 Å². The van der Waals surface area contributed by atoms with E-state index in [2.05, 4.69) is 29.6 Å². The fourth-order valence-electron chi connectivity index (χ4n) is 5.06. The van der Waals surface area contributed by atoms with E-state index in [9.17, 15) is 9.59 Å². The summed E-state index contributed by atoms with van der Waals surface area (Å²) in [5.74, 6) is 1.21. The largest absolute Gasteiger partial charge is 0.494 e. The van der Waals surface area contributed by atoms with Crippen LogP contribution in [0.15, 0.2) is 66.0 Å². The summed E-state index contributed by atoms with van der Waals surface area (Å²) in [7, 11) is 0. The Hall–Kier alpha value is -3.87. The van der Waals surface area contributed by atoms with Gasteiger partial charge in [-0.1, -0.05) is 38.1 Å². The van der Waals surface area contributed by atoms with Gasteiger partial charge in [-0.2, -0.15) is 5.10 Å². The number of hydrogen-bond acceptors (Lipinski definition) is 5. The highest BCUT2D eigenvalue weighted by Crippen LogP contribution is 2.46. The molecule has 2 aromatic carbocycles. The summed E-state index contributed by atoms with van der Waals surface area (Å²) in [6.45, 7) is 8.75. The highest BCUT2D eigenvalue weighted by Gasteiger charge is 2.42. The fourth-order valence-corrected chi connectivity index (χ4v) is 5.06. The topological polar surface area (TPSA) is 85.2 Å². The van der Waals surface area contributed by atoms with Crippen molar-refractivity contribution in [2.45, 2.75) is 46.6 Å². The molecule has 0 radical (unpaired) electrons. The lowest BCUT2D eigenvalue weighted by atomic mass is 9.72. The molecule has 3 aromatic rings. The fraction of sp³-hybridized carbons (Fsp3) is 0.321. The first-order chi connectivity index (χ1) is 16.8. The number of anilines is 2. The molecular weight excluding hydrogens is 440 g/mol. The average molecular weight is 471 g/mol. The number of rotatable bonds is 5. The molecular formula is C28H30N4O3. The summed E-state index contributed by atoms with van der Waals surface area (Å²) in [6.07, 6.45) is 2.78. The van der Waals surface area contributed by atoms with E-state index in [4.69, 9.17) is 4.74 Å². The Morgan fingerprint density at radius 2 is 1.91 bits per heavy atom. The molecule has 2 aliphatic rings. The number of ketones is 1. The molecule has 2 heterocycles. The lowest BCUT2D eigenvalue weighted by Crippen LogP contribution is -2.37. The van der Waals surface area contributed by atoms with Gasteiger partial charge in [0, 0.05) is 23.4 Å². The van der Waals surface area contributed by atoms with Crippen LogP contribution < -0.4 is 15.4 Å². The third kappa shape index (κ3) is 4.22. The van der Waals surface area contributed by atoms with Crippen molar-refractivity contribution >= 4 is 23.2 Å². The lowest BCUT2D eigenvalue weighted by molar-refractivity contribution is -0.118. The number of Topliss-reactive ketones (excluding diaryl/α,β-unsaturated/α-hetero) is 1. The molecule has 180 valence electrons. The minimum atomic E-state index is -0.377. The second kappa shape index (κ2) is 8.73. The number of benzene rings is 2. The third-order valence-corrected chi connectivity index (χ3v) is 6.65. The number of hydrogen-bond donors (Lipinski definition) is 2. The van der Waals surface area contributed by atoms with Crippen molar-refractivity contribution in [3.63, 3.8) is 0 Å². The minimum absolute atomic E-state index is 0.124. The molecule has 7 heteroatoms. The molecule has 0 saturated heterocycles. The molecule has 0 bridgehead atoms.